The molecule has 2 aromatic carbocycles. The van der Waals surface area contributed by atoms with E-state index in [4.69, 9.17) is 4.74 Å². The number of pyridine rings is 1. The zero-order valence-corrected chi connectivity index (χ0v) is 13.5. The summed E-state index contributed by atoms with van der Waals surface area (Å²) in [6.45, 7) is 2.65. The number of fused-ring (bicyclic) bond motifs is 1. The van der Waals surface area contributed by atoms with Crippen LogP contribution in [0.1, 0.15) is 11.1 Å². The highest BCUT2D eigenvalue weighted by Gasteiger charge is 2.07. The quantitative estimate of drug-likeness (QED) is 0.536. The van der Waals surface area contributed by atoms with Crippen LogP contribution in [0.3, 0.4) is 0 Å². The zero-order valence-electron chi connectivity index (χ0n) is 13.5. The maximum absolute atomic E-state index is 5.95. The molecule has 118 valence electrons. The highest BCUT2D eigenvalue weighted by Crippen LogP contribution is 2.26. The van der Waals surface area contributed by atoms with Gasteiger partial charge in [0.15, 0.2) is 0 Å². The summed E-state index contributed by atoms with van der Waals surface area (Å²) < 4.78 is 7.98. The summed E-state index contributed by atoms with van der Waals surface area (Å²) in [6.07, 6.45) is 4.06. The molecule has 0 saturated heterocycles. The lowest BCUT2D eigenvalue weighted by Gasteiger charge is -2.10. The van der Waals surface area contributed by atoms with Crippen molar-refractivity contribution in [2.45, 2.75) is 13.5 Å². The van der Waals surface area contributed by atoms with Crippen molar-refractivity contribution in [3.63, 3.8) is 0 Å². The summed E-state index contributed by atoms with van der Waals surface area (Å²) in [5, 5.41) is 0. The topological polar surface area (TPSA) is 26.5 Å². The van der Waals surface area contributed by atoms with Crippen LogP contribution >= 0.6 is 0 Å². The van der Waals surface area contributed by atoms with Crippen LogP contribution in [0, 0.1) is 6.92 Å². The SMILES string of the molecule is Cc1cc(-c2cn3ccccc3n2)ccc1OCc1ccccc1. The van der Waals surface area contributed by atoms with Crippen molar-refractivity contribution in [2.75, 3.05) is 0 Å². The van der Waals surface area contributed by atoms with Gasteiger partial charge in [0, 0.05) is 18.0 Å². The van der Waals surface area contributed by atoms with Crippen LogP contribution in [-0.4, -0.2) is 9.38 Å². The van der Waals surface area contributed by atoms with E-state index in [1.165, 1.54) is 5.56 Å². The molecule has 0 spiro atoms. The third-order valence-electron chi connectivity index (χ3n) is 4.07. The summed E-state index contributed by atoms with van der Waals surface area (Å²) in [7, 11) is 0. The largest absolute Gasteiger partial charge is 0.489 e. The second kappa shape index (κ2) is 6.20. The minimum atomic E-state index is 0.579. The van der Waals surface area contributed by atoms with Gasteiger partial charge < -0.3 is 9.14 Å². The Morgan fingerprint density at radius 2 is 1.79 bits per heavy atom. The Hall–Kier alpha value is -3.07. The number of aryl methyl sites for hydroxylation is 1. The van der Waals surface area contributed by atoms with Crippen LogP contribution in [0.4, 0.5) is 0 Å². The van der Waals surface area contributed by atoms with Gasteiger partial charge in [-0.2, -0.15) is 0 Å². The fraction of sp³-hybridized carbons (Fsp3) is 0.0952. The lowest BCUT2D eigenvalue weighted by molar-refractivity contribution is 0.304. The molecule has 24 heavy (non-hydrogen) atoms. The number of aromatic nitrogens is 2. The fourth-order valence-corrected chi connectivity index (χ4v) is 2.78. The van der Waals surface area contributed by atoms with Crippen LogP contribution in [0.5, 0.6) is 5.75 Å². The number of rotatable bonds is 4. The molecule has 2 heterocycles. The minimum Gasteiger partial charge on any atom is -0.489 e. The Balaban J connectivity index is 1.57. The van der Waals surface area contributed by atoms with Gasteiger partial charge in [0.05, 0.1) is 5.69 Å². The molecule has 0 radical (unpaired) electrons. The second-order valence-corrected chi connectivity index (χ2v) is 5.85. The number of nitrogens with zero attached hydrogens (tertiary/aromatic N) is 2. The first-order valence-corrected chi connectivity index (χ1v) is 8.01. The first kappa shape index (κ1) is 14.5. The number of ether oxygens (including phenoxy) is 1. The van der Waals surface area contributed by atoms with Crippen LogP contribution in [0.25, 0.3) is 16.9 Å². The predicted octanol–water partition coefficient (Wildman–Crippen LogP) is 4.89. The molecule has 3 nitrogen and oxygen atoms in total. The van der Waals surface area contributed by atoms with E-state index < -0.39 is 0 Å². The standard InChI is InChI=1S/C21H18N2O/c1-16-13-18(19-14-23-12-6-5-9-21(23)22-19)10-11-20(16)24-15-17-7-3-2-4-8-17/h2-14H,15H2,1H3. The molecule has 4 aromatic rings. The Kier molecular flexibility index (Phi) is 3.75. The maximum Gasteiger partial charge on any atom is 0.137 e. The van der Waals surface area contributed by atoms with Gasteiger partial charge in [-0.15, -0.1) is 0 Å². The second-order valence-electron chi connectivity index (χ2n) is 5.85. The number of imidazole rings is 1. The molecule has 0 aliphatic heterocycles. The molecular weight excluding hydrogens is 296 g/mol. The molecule has 0 aliphatic rings. The van der Waals surface area contributed by atoms with Gasteiger partial charge in [-0.3, -0.25) is 0 Å². The maximum atomic E-state index is 5.95. The van der Waals surface area contributed by atoms with E-state index in [-0.39, 0.29) is 0 Å². The molecule has 0 saturated carbocycles. The molecule has 0 aliphatic carbocycles. The van der Waals surface area contributed by atoms with Crippen molar-refractivity contribution in [2.24, 2.45) is 0 Å². The van der Waals surface area contributed by atoms with Gasteiger partial charge in [0.1, 0.15) is 18.0 Å². The van der Waals surface area contributed by atoms with E-state index in [1.807, 2.05) is 53.1 Å². The van der Waals surface area contributed by atoms with Crippen LogP contribution in [0.15, 0.2) is 79.1 Å². The molecule has 3 heteroatoms. The Bertz CT molecular complexity index is 940. The monoisotopic (exact) mass is 314 g/mol. The van der Waals surface area contributed by atoms with E-state index >= 15 is 0 Å². The van der Waals surface area contributed by atoms with Gasteiger partial charge in [0.25, 0.3) is 0 Å². The summed E-state index contributed by atoms with van der Waals surface area (Å²) in [5.74, 6) is 0.909. The van der Waals surface area contributed by atoms with Crippen molar-refractivity contribution in [1.29, 1.82) is 0 Å². The van der Waals surface area contributed by atoms with Crippen molar-refractivity contribution in [1.82, 2.24) is 9.38 Å². The zero-order chi connectivity index (χ0) is 16.4. The summed E-state index contributed by atoms with van der Waals surface area (Å²) in [6, 6.07) is 22.4. The fourth-order valence-electron chi connectivity index (χ4n) is 2.78. The highest BCUT2D eigenvalue weighted by molar-refractivity contribution is 5.64. The highest BCUT2D eigenvalue weighted by atomic mass is 16.5. The number of hydrogen-bond acceptors (Lipinski definition) is 2. The third kappa shape index (κ3) is 2.88. The van der Waals surface area contributed by atoms with Gasteiger partial charge in [-0.25, -0.2) is 4.98 Å². The van der Waals surface area contributed by atoms with E-state index in [2.05, 4.69) is 42.4 Å². The molecular formula is C21H18N2O. The van der Waals surface area contributed by atoms with Crippen LogP contribution in [0.2, 0.25) is 0 Å². The Morgan fingerprint density at radius 1 is 0.958 bits per heavy atom. The van der Waals surface area contributed by atoms with E-state index in [1.54, 1.807) is 0 Å². The molecule has 0 N–H and O–H groups in total. The van der Waals surface area contributed by atoms with E-state index in [0.29, 0.717) is 6.61 Å². The molecule has 0 atom stereocenters. The van der Waals surface area contributed by atoms with Crippen molar-refractivity contribution in [3.05, 3.63) is 90.3 Å². The normalized spacial score (nSPS) is 10.9. The first-order chi connectivity index (χ1) is 11.8. The van der Waals surface area contributed by atoms with E-state index in [9.17, 15) is 0 Å². The molecule has 0 fully saturated rings. The minimum absolute atomic E-state index is 0.579. The first-order valence-electron chi connectivity index (χ1n) is 8.01. The molecule has 0 bridgehead atoms. The van der Waals surface area contributed by atoms with Gasteiger partial charge >= 0.3 is 0 Å². The predicted molar refractivity (Wildman–Crippen MR) is 96.1 cm³/mol. The van der Waals surface area contributed by atoms with Gasteiger partial charge in [0.2, 0.25) is 0 Å². The Labute approximate surface area is 141 Å². The average Bonchev–Trinajstić information content (AvgIpc) is 3.06. The molecule has 4 rings (SSSR count). The van der Waals surface area contributed by atoms with E-state index in [0.717, 1.165) is 28.2 Å². The third-order valence-corrected chi connectivity index (χ3v) is 4.07. The lowest BCUT2D eigenvalue weighted by atomic mass is 10.1. The number of hydrogen-bond donors (Lipinski definition) is 0. The average molecular weight is 314 g/mol. The van der Waals surface area contributed by atoms with Gasteiger partial charge in [-0.1, -0.05) is 36.4 Å². The Morgan fingerprint density at radius 3 is 2.58 bits per heavy atom. The lowest BCUT2D eigenvalue weighted by Crippen LogP contribution is -1.96. The smallest absolute Gasteiger partial charge is 0.137 e. The molecule has 2 aromatic heterocycles. The summed E-state index contributed by atoms with van der Waals surface area (Å²) in [4.78, 5) is 4.67. The summed E-state index contributed by atoms with van der Waals surface area (Å²) in [5.41, 5.74) is 5.30. The van der Waals surface area contributed by atoms with Crippen molar-refractivity contribution >= 4 is 5.65 Å². The summed E-state index contributed by atoms with van der Waals surface area (Å²) >= 11 is 0. The van der Waals surface area contributed by atoms with Crippen molar-refractivity contribution in [3.8, 4) is 17.0 Å². The van der Waals surface area contributed by atoms with Crippen LogP contribution in [-0.2, 0) is 6.61 Å². The van der Waals surface area contributed by atoms with Crippen LogP contribution < -0.4 is 4.74 Å². The van der Waals surface area contributed by atoms with Gasteiger partial charge in [-0.05, 0) is 48.4 Å². The number of benzene rings is 2. The molecule has 0 unspecified atom stereocenters. The molecule has 0 amide bonds. The van der Waals surface area contributed by atoms with Crippen molar-refractivity contribution < 1.29 is 4.74 Å².